The molecule has 1 saturated carbocycles. The summed E-state index contributed by atoms with van der Waals surface area (Å²) in [5.41, 5.74) is 6.28. The number of nitrogens with zero attached hydrogens (tertiary/aromatic N) is 1. The second kappa shape index (κ2) is 6.69. The highest BCUT2D eigenvalue weighted by molar-refractivity contribution is 7.10. The van der Waals surface area contributed by atoms with Crippen molar-refractivity contribution in [1.29, 1.82) is 0 Å². The molecule has 0 bridgehead atoms. The normalized spacial score (nSPS) is 21.1. The monoisotopic (exact) mass is 266 g/mol. The molecule has 102 valence electrons. The van der Waals surface area contributed by atoms with Crippen LogP contribution in [0.3, 0.4) is 0 Å². The van der Waals surface area contributed by atoms with E-state index >= 15 is 0 Å². The van der Waals surface area contributed by atoms with Crippen LogP contribution in [-0.2, 0) is 0 Å². The summed E-state index contributed by atoms with van der Waals surface area (Å²) < 4.78 is 0. The molecule has 0 aliphatic heterocycles. The molecule has 2 nitrogen and oxygen atoms in total. The van der Waals surface area contributed by atoms with Crippen molar-refractivity contribution >= 4 is 11.3 Å². The van der Waals surface area contributed by atoms with Crippen LogP contribution in [0.4, 0.5) is 0 Å². The van der Waals surface area contributed by atoms with E-state index in [1.54, 1.807) is 0 Å². The predicted molar refractivity (Wildman–Crippen MR) is 80.0 cm³/mol. The number of hydrogen-bond acceptors (Lipinski definition) is 3. The van der Waals surface area contributed by atoms with E-state index in [0.29, 0.717) is 6.04 Å². The van der Waals surface area contributed by atoms with Crippen LogP contribution in [0.15, 0.2) is 17.5 Å². The second-order valence-corrected chi connectivity index (χ2v) is 6.42. The fraction of sp³-hybridized carbons (Fsp3) is 0.733. The summed E-state index contributed by atoms with van der Waals surface area (Å²) in [6.07, 6.45) is 6.88. The summed E-state index contributed by atoms with van der Waals surface area (Å²) in [4.78, 5) is 4.08. The summed E-state index contributed by atoms with van der Waals surface area (Å²) in [5.74, 6) is 0. The van der Waals surface area contributed by atoms with Crippen molar-refractivity contribution in [1.82, 2.24) is 4.90 Å². The number of thiophene rings is 1. The van der Waals surface area contributed by atoms with Crippen LogP contribution in [0, 0.1) is 0 Å². The third-order valence-corrected chi connectivity index (χ3v) is 5.04. The Kier molecular flexibility index (Phi) is 5.22. The molecular weight excluding hydrogens is 240 g/mol. The van der Waals surface area contributed by atoms with E-state index in [1.165, 1.54) is 37.0 Å². The Morgan fingerprint density at radius 3 is 2.61 bits per heavy atom. The van der Waals surface area contributed by atoms with Gasteiger partial charge in [-0.3, -0.25) is 4.90 Å². The molecule has 0 spiro atoms. The third-order valence-electron chi connectivity index (χ3n) is 4.10. The van der Waals surface area contributed by atoms with Gasteiger partial charge in [0.1, 0.15) is 0 Å². The van der Waals surface area contributed by atoms with E-state index in [0.717, 1.165) is 12.6 Å². The first-order chi connectivity index (χ1) is 8.74. The fourth-order valence-electron chi connectivity index (χ4n) is 3.28. The Morgan fingerprint density at radius 2 is 2.11 bits per heavy atom. The lowest BCUT2D eigenvalue weighted by Crippen LogP contribution is -2.45. The van der Waals surface area contributed by atoms with Crippen LogP contribution in [0.25, 0.3) is 0 Å². The van der Waals surface area contributed by atoms with E-state index in [4.69, 9.17) is 5.73 Å². The van der Waals surface area contributed by atoms with Gasteiger partial charge < -0.3 is 5.73 Å². The smallest absolute Gasteiger partial charge is 0.0593 e. The van der Waals surface area contributed by atoms with Crippen LogP contribution in [0.2, 0.25) is 0 Å². The van der Waals surface area contributed by atoms with Crippen molar-refractivity contribution in [2.24, 2.45) is 5.73 Å². The van der Waals surface area contributed by atoms with Gasteiger partial charge in [0, 0.05) is 17.0 Å². The molecule has 1 aliphatic rings. The lowest BCUT2D eigenvalue weighted by Gasteiger charge is -2.40. The maximum absolute atomic E-state index is 6.28. The Labute approximate surface area is 115 Å². The fourth-order valence-corrected chi connectivity index (χ4v) is 4.24. The highest BCUT2D eigenvalue weighted by atomic mass is 32.1. The quantitative estimate of drug-likeness (QED) is 0.878. The van der Waals surface area contributed by atoms with Gasteiger partial charge in [-0.1, -0.05) is 32.3 Å². The zero-order chi connectivity index (χ0) is 13.0. The second-order valence-electron chi connectivity index (χ2n) is 5.44. The first-order valence-corrected chi connectivity index (χ1v) is 8.16. The van der Waals surface area contributed by atoms with Crippen molar-refractivity contribution in [2.45, 2.75) is 64.1 Å². The lowest BCUT2D eigenvalue weighted by molar-refractivity contribution is 0.0994. The first kappa shape index (κ1) is 14.0. The minimum Gasteiger partial charge on any atom is -0.326 e. The minimum atomic E-state index is 0.200. The highest BCUT2D eigenvalue weighted by Gasteiger charge is 2.30. The Morgan fingerprint density at radius 1 is 1.39 bits per heavy atom. The number of hydrogen-bond donors (Lipinski definition) is 1. The third kappa shape index (κ3) is 3.14. The van der Waals surface area contributed by atoms with Crippen molar-refractivity contribution in [3.63, 3.8) is 0 Å². The predicted octanol–water partition coefficient (Wildman–Crippen LogP) is 3.79. The molecule has 3 heteroatoms. The SMILES string of the molecule is CCN(C1CCCCC1)C(c1cccs1)C(C)N. The maximum Gasteiger partial charge on any atom is 0.0593 e. The molecule has 0 aromatic carbocycles. The first-order valence-electron chi connectivity index (χ1n) is 7.28. The summed E-state index contributed by atoms with van der Waals surface area (Å²) in [6.45, 7) is 5.53. The van der Waals surface area contributed by atoms with E-state index < -0.39 is 0 Å². The van der Waals surface area contributed by atoms with Gasteiger partial charge in [0.2, 0.25) is 0 Å². The van der Waals surface area contributed by atoms with E-state index in [9.17, 15) is 0 Å². The van der Waals surface area contributed by atoms with Crippen LogP contribution >= 0.6 is 11.3 Å². The van der Waals surface area contributed by atoms with Gasteiger partial charge in [-0.05, 0) is 37.8 Å². The molecule has 0 saturated heterocycles. The summed E-state index contributed by atoms with van der Waals surface area (Å²) in [7, 11) is 0. The highest BCUT2D eigenvalue weighted by Crippen LogP contribution is 2.33. The Bertz CT molecular complexity index is 328. The van der Waals surface area contributed by atoms with E-state index in [2.05, 4.69) is 36.3 Å². The lowest BCUT2D eigenvalue weighted by atomic mass is 9.92. The van der Waals surface area contributed by atoms with Crippen molar-refractivity contribution < 1.29 is 0 Å². The maximum atomic E-state index is 6.28. The zero-order valence-electron chi connectivity index (χ0n) is 11.6. The molecule has 1 fully saturated rings. The van der Waals surface area contributed by atoms with Gasteiger partial charge in [0.15, 0.2) is 0 Å². The molecule has 2 atom stereocenters. The standard InChI is InChI=1S/C15H26N2S/c1-3-17(13-8-5-4-6-9-13)15(12(2)16)14-10-7-11-18-14/h7,10-13,15H,3-6,8-9,16H2,1-2H3. The molecule has 1 aliphatic carbocycles. The van der Waals surface area contributed by atoms with E-state index in [-0.39, 0.29) is 6.04 Å². The molecule has 2 N–H and O–H groups in total. The van der Waals surface area contributed by atoms with Crippen LogP contribution in [0.1, 0.15) is 56.9 Å². The molecule has 18 heavy (non-hydrogen) atoms. The summed E-state index contributed by atoms with van der Waals surface area (Å²) >= 11 is 1.85. The van der Waals surface area contributed by atoms with Gasteiger partial charge in [-0.15, -0.1) is 11.3 Å². The van der Waals surface area contributed by atoms with Gasteiger partial charge in [0.25, 0.3) is 0 Å². The van der Waals surface area contributed by atoms with Crippen molar-refractivity contribution in [3.05, 3.63) is 22.4 Å². The Balaban J connectivity index is 2.16. The average molecular weight is 266 g/mol. The topological polar surface area (TPSA) is 29.3 Å². The zero-order valence-corrected chi connectivity index (χ0v) is 12.5. The average Bonchev–Trinajstić information content (AvgIpc) is 2.89. The number of rotatable bonds is 5. The molecule has 1 aromatic rings. The van der Waals surface area contributed by atoms with E-state index in [1.807, 2.05) is 11.3 Å². The molecule has 0 amide bonds. The molecule has 0 radical (unpaired) electrons. The molecule has 2 rings (SSSR count). The summed E-state index contributed by atoms with van der Waals surface area (Å²) in [6, 6.07) is 5.72. The van der Waals surface area contributed by atoms with Gasteiger partial charge in [0.05, 0.1) is 6.04 Å². The van der Waals surface area contributed by atoms with Crippen LogP contribution < -0.4 is 5.73 Å². The van der Waals surface area contributed by atoms with Crippen LogP contribution in [-0.4, -0.2) is 23.5 Å². The van der Waals surface area contributed by atoms with Gasteiger partial charge in [-0.2, -0.15) is 0 Å². The largest absolute Gasteiger partial charge is 0.326 e. The van der Waals surface area contributed by atoms with Crippen molar-refractivity contribution in [2.75, 3.05) is 6.54 Å². The molecule has 2 unspecified atom stereocenters. The number of likely N-dealkylation sites (N-methyl/N-ethyl adjacent to an activating group) is 1. The van der Waals surface area contributed by atoms with Crippen molar-refractivity contribution in [3.8, 4) is 0 Å². The molecular formula is C15H26N2S. The Hall–Kier alpha value is -0.380. The molecule has 1 heterocycles. The summed E-state index contributed by atoms with van der Waals surface area (Å²) in [5, 5.41) is 2.17. The molecule has 1 aromatic heterocycles. The number of nitrogens with two attached hydrogens (primary N) is 1. The van der Waals surface area contributed by atoms with Gasteiger partial charge in [-0.25, -0.2) is 0 Å². The minimum absolute atomic E-state index is 0.200. The van der Waals surface area contributed by atoms with Crippen LogP contribution in [0.5, 0.6) is 0 Å². The van der Waals surface area contributed by atoms with Gasteiger partial charge >= 0.3 is 0 Å².